The molecule has 8 nitrogen and oxygen atoms in total. The zero-order chi connectivity index (χ0) is 22.6. The number of unbranched alkanes of at least 4 members (excludes halogenated alkanes) is 3. The molecule has 0 aliphatic heterocycles. The van der Waals surface area contributed by atoms with E-state index < -0.39 is 17.9 Å². The van der Waals surface area contributed by atoms with E-state index in [1.807, 2.05) is 18.2 Å². The van der Waals surface area contributed by atoms with Crippen molar-refractivity contribution in [3.05, 3.63) is 60.2 Å². The molecule has 2 aromatic rings. The number of likely N-dealkylation sites (N-methyl/N-ethyl adjacent to an activating group) is 1. The van der Waals surface area contributed by atoms with E-state index in [0.29, 0.717) is 30.5 Å². The Labute approximate surface area is 181 Å². The molecule has 0 bridgehead atoms. The maximum Gasteiger partial charge on any atom is 0.331 e. The first kappa shape index (κ1) is 23.9. The zero-order valence-electron chi connectivity index (χ0n) is 17.6. The van der Waals surface area contributed by atoms with Crippen molar-refractivity contribution in [1.82, 2.24) is 5.48 Å². The van der Waals surface area contributed by atoms with Crippen LogP contribution in [0.25, 0.3) is 0 Å². The summed E-state index contributed by atoms with van der Waals surface area (Å²) in [5, 5.41) is 20.9. The molecule has 0 saturated carbocycles. The van der Waals surface area contributed by atoms with Gasteiger partial charge in [-0.25, -0.2) is 10.3 Å². The Kier molecular flexibility index (Phi) is 9.51. The fourth-order valence-electron chi connectivity index (χ4n) is 3.30. The molecular formula is C23H29N3O5. The van der Waals surface area contributed by atoms with Crippen molar-refractivity contribution in [1.29, 1.82) is 0 Å². The molecule has 0 saturated heterocycles. The number of anilines is 2. The number of nitrogens with zero attached hydrogens (tertiary/aromatic N) is 1. The molecule has 0 radical (unpaired) electrons. The van der Waals surface area contributed by atoms with Crippen molar-refractivity contribution in [2.24, 2.45) is 0 Å². The SMILES string of the molecule is CN(c1ccc(NC(=O)CCCCCCC(=O)NO)cc1)C(C(=O)O)c1ccccc1. The summed E-state index contributed by atoms with van der Waals surface area (Å²) in [6.07, 6.45) is 3.67. The Balaban J connectivity index is 1.83. The first-order chi connectivity index (χ1) is 14.9. The molecule has 1 unspecified atom stereocenters. The summed E-state index contributed by atoms with van der Waals surface area (Å²) in [5.74, 6) is -1.43. The minimum Gasteiger partial charge on any atom is -0.479 e. The van der Waals surface area contributed by atoms with Gasteiger partial charge in [0.2, 0.25) is 11.8 Å². The number of hydroxylamine groups is 1. The Bertz CT molecular complexity index is 855. The number of carbonyl (C=O) groups is 3. The molecule has 0 spiro atoms. The predicted octanol–water partition coefficient (Wildman–Crippen LogP) is 3.73. The smallest absolute Gasteiger partial charge is 0.331 e. The highest BCUT2D eigenvalue weighted by atomic mass is 16.5. The van der Waals surface area contributed by atoms with Crippen molar-refractivity contribution in [3.63, 3.8) is 0 Å². The Hall–Kier alpha value is -3.39. The van der Waals surface area contributed by atoms with E-state index >= 15 is 0 Å². The van der Waals surface area contributed by atoms with Gasteiger partial charge in [-0.05, 0) is 42.7 Å². The molecule has 0 aliphatic carbocycles. The summed E-state index contributed by atoms with van der Waals surface area (Å²) < 4.78 is 0. The molecule has 0 heterocycles. The van der Waals surface area contributed by atoms with Crippen LogP contribution >= 0.6 is 0 Å². The lowest BCUT2D eigenvalue weighted by atomic mass is 10.1. The van der Waals surface area contributed by atoms with E-state index in [9.17, 15) is 19.5 Å². The molecule has 4 N–H and O–H groups in total. The van der Waals surface area contributed by atoms with Gasteiger partial charge in [-0.15, -0.1) is 0 Å². The molecule has 0 fully saturated rings. The molecule has 0 aromatic heterocycles. The van der Waals surface area contributed by atoms with Crippen LogP contribution in [0.5, 0.6) is 0 Å². The van der Waals surface area contributed by atoms with E-state index in [2.05, 4.69) is 5.32 Å². The molecule has 166 valence electrons. The maximum atomic E-state index is 12.1. The fourth-order valence-corrected chi connectivity index (χ4v) is 3.30. The van der Waals surface area contributed by atoms with Gasteiger partial charge < -0.3 is 15.3 Å². The normalized spacial score (nSPS) is 11.4. The number of benzene rings is 2. The number of carboxylic acid groups (broad SMARTS) is 1. The number of nitrogens with one attached hydrogen (secondary N) is 2. The standard InChI is InChI=1S/C23H29N3O5/c1-26(22(23(29)30)17-9-5-4-6-10-17)19-15-13-18(14-16-19)24-20(27)11-7-2-3-8-12-21(28)25-31/h4-6,9-10,13-16,22,31H,2-3,7-8,11-12H2,1H3,(H,24,27)(H,25,28)(H,29,30). The Morgan fingerprint density at radius 1 is 0.871 bits per heavy atom. The average molecular weight is 428 g/mol. The number of carboxylic acids is 1. The van der Waals surface area contributed by atoms with Crippen molar-refractivity contribution in [2.75, 3.05) is 17.3 Å². The molecule has 2 aromatic carbocycles. The van der Waals surface area contributed by atoms with Crippen molar-refractivity contribution in [2.45, 2.75) is 44.6 Å². The minimum atomic E-state index is -0.942. The first-order valence-electron chi connectivity index (χ1n) is 10.3. The fraction of sp³-hybridized carbons (Fsp3) is 0.348. The molecule has 2 rings (SSSR count). The Morgan fingerprint density at radius 3 is 2.00 bits per heavy atom. The van der Waals surface area contributed by atoms with E-state index in [-0.39, 0.29) is 12.3 Å². The molecule has 2 amide bonds. The van der Waals surface area contributed by atoms with Gasteiger partial charge in [-0.3, -0.25) is 14.8 Å². The third-order valence-electron chi connectivity index (χ3n) is 4.98. The van der Waals surface area contributed by atoms with Gasteiger partial charge in [0.1, 0.15) is 0 Å². The van der Waals surface area contributed by atoms with Crippen LogP contribution in [0.3, 0.4) is 0 Å². The van der Waals surface area contributed by atoms with E-state index in [4.69, 9.17) is 5.21 Å². The van der Waals surface area contributed by atoms with E-state index in [0.717, 1.165) is 18.5 Å². The van der Waals surface area contributed by atoms with Crippen LogP contribution in [0.1, 0.15) is 50.1 Å². The quantitative estimate of drug-likeness (QED) is 0.233. The summed E-state index contributed by atoms with van der Waals surface area (Å²) in [6, 6.07) is 15.3. The van der Waals surface area contributed by atoms with Crippen molar-refractivity contribution >= 4 is 29.2 Å². The second-order valence-electron chi connectivity index (χ2n) is 7.31. The lowest BCUT2D eigenvalue weighted by Gasteiger charge is -2.27. The molecule has 1 atom stereocenters. The highest BCUT2D eigenvalue weighted by Gasteiger charge is 2.24. The van der Waals surface area contributed by atoms with Crippen LogP contribution in [0.2, 0.25) is 0 Å². The van der Waals surface area contributed by atoms with Gasteiger partial charge >= 0.3 is 5.97 Å². The highest BCUT2D eigenvalue weighted by molar-refractivity contribution is 5.91. The summed E-state index contributed by atoms with van der Waals surface area (Å²) in [4.78, 5) is 36.5. The summed E-state index contributed by atoms with van der Waals surface area (Å²) in [5.41, 5.74) is 3.65. The second-order valence-corrected chi connectivity index (χ2v) is 7.31. The predicted molar refractivity (Wildman–Crippen MR) is 118 cm³/mol. The monoisotopic (exact) mass is 427 g/mol. The molecule has 31 heavy (non-hydrogen) atoms. The molecule has 8 heteroatoms. The number of hydrogen-bond donors (Lipinski definition) is 4. The molecular weight excluding hydrogens is 398 g/mol. The van der Waals surface area contributed by atoms with Gasteiger partial charge in [0.15, 0.2) is 6.04 Å². The maximum absolute atomic E-state index is 12.1. The van der Waals surface area contributed by atoms with Crippen LogP contribution < -0.4 is 15.7 Å². The first-order valence-corrected chi connectivity index (χ1v) is 10.3. The lowest BCUT2D eigenvalue weighted by molar-refractivity contribution is -0.138. The number of hydrogen-bond acceptors (Lipinski definition) is 5. The van der Waals surface area contributed by atoms with Gasteiger partial charge in [-0.2, -0.15) is 0 Å². The van der Waals surface area contributed by atoms with Crippen molar-refractivity contribution < 1.29 is 24.7 Å². The van der Waals surface area contributed by atoms with Gasteiger partial charge in [0, 0.05) is 31.3 Å². The topological polar surface area (TPSA) is 119 Å². The van der Waals surface area contributed by atoms with Crippen LogP contribution in [-0.2, 0) is 14.4 Å². The lowest BCUT2D eigenvalue weighted by Crippen LogP contribution is -2.30. The number of aliphatic carboxylic acids is 1. The number of carbonyl (C=O) groups excluding carboxylic acids is 2. The largest absolute Gasteiger partial charge is 0.479 e. The van der Waals surface area contributed by atoms with Crippen molar-refractivity contribution in [3.8, 4) is 0 Å². The van der Waals surface area contributed by atoms with Gasteiger partial charge in [-0.1, -0.05) is 43.2 Å². The van der Waals surface area contributed by atoms with E-state index in [1.165, 1.54) is 0 Å². The van der Waals surface area contributed by atoms with Gasteiger partial charge in [0.05, 0.1) is 0 Å². The van der Waals surface area contributed by atoms with Gasteiger partial charge in [0.25, 0.3) is 0 Å². The van der Waals surface area contributed by atoms with Crippen LogP contribution in [0.15, 0.2) is 54.6 Å². The third-order valence-corrected chi connectivity index (χ3v) is 4.98. The summed E-state index contributed by atoms with van der Waals surface area (Å²) in [6.45, 7) is 0. The van der Waals surface area contributed by atoms with Crippen LogP contribution in [-0.4, -0.2) is 35.1 Å². The number of rotatable bonds is 12. The van der Waals surface area contributed by atoms with Crippen LogP contribution in [0.4, 0.5) is 11.4 Å². The highest BCUT2D eigenvalue weighted by Crippen LogP contribution is 2.27. The number of amides is 2. The summed E-state index contributed by atoms with van der Waals surface area (Å²) in [7, 11) is 1.73. The second kappa shape index (κ2) is 12.3. The molecule has 0 aliphatic rings. The third kappa shape index (κ3) is 7.75. The van der Waals surface area contributed by atoms with Crippen LogP contribution in [0, 0.1) is 0 Å². The average Bonchev–Trinajstić information content (AvgIpc) is 2.77. The Morgan fingerprint density at radius 2 is 1.45 bits per heavy atom. The minimum absolute atomic E-state index is 0.0955. The van der Waals surface area contributed by atoms with E-state index in [1.54, 1.807) is 53.8 Å². The summed E-state index contributed by atoms with van der Waals surface area (Å²) >= 11 is 0. The zero-order valence-corrected chi connectivity index (χ0v) is 17.6.